The van der Waals surface area contributed by atoms with Gasteiger partial charge in [0.25, 0.3) is 5.91 Å². The zero-order valence-corrected chi connectivity index (χ0v) is 20.4. The number of carbonyl (C=O) groups is 2. The van der Waals surface area contributed by atoms with E-state index in [1.165, 1.54) is 14.9 Å². The van der Waals surface area contributed by atoms with Crippen molar-refractivity contribution >= 4 is 29.4 Å². The molecule has 8 nitrogen and oxygen atoms in total. The summed E-state index contributed by atoms with van der Waals surface area (Å²) in [6.45, 7) is 7.69. The van der Waals surface area contributed by atoms with Gasteiger partial charge in [0, 0.05) is 32.6 Å². The Hall–Kier alpha value is -2.72. The number of nitrogens with one attached hydrogen (secondary N) is 1. The Morgan fingerprint density at radius 1 is 1.39 bits per heavy atom. The van der Waals surface area contributed by atoms with Crippen molar-refractivity contribution in [3.63, 3.8) is 0 Å². The van der Waals surface area contributed by atoms with Crippen molar-refractivity contribution in [2.24, 2.45) is 12.5 Å². The maximum absolute atomic E-state index is 14.0. The Balaban J connectivity index is 1.79. The number of pyridine rings is 1. The number of aliphatic hydroxyl groups excluding tert-OH is 1. The average Bonchev–Trinajstić information content (AvgIpc) is 3.26. The molecule has 0 spiro atoms. The minimum absolute atomic E-state index is 0.0697. The normalized spacial score (nSPS) is 21.7. The van der Waals surface area contributed by atoms with Crippen LogP contribution in [0.25, 0.3) is 11.4 Å². The van der Waals surface area contributed by atoms with E-state index in [1.807, 2.05) is 20.8 Å². The summed E-state index contributed by atoms with van der Waals surface area (Å²) in [5, 5.41) is 18.5. The highest BCUT2D eigenvalue weighted by Gasteiger charge is 2.54. The molecule has 2 N–H and O–H groups in total. The van der Waals surface area contributed by atoms with Crippen LogP contribution in [0.15, 0.2) is 24.5 Å². The summed E-state index contributed by atoms with van der Waals surface area (Å²) in [5.74, 6) is -1.10. The third-order valence-corrected chi connectivity index (χ3v) is 6.21. The predicted molar refractivity (Wildman–Crippen MR) is 127 cm³/mol. The van der Waals surface area contributed by atoms with Gasteiger partial charge in [-0.15, -0.1) is 0 Å². The second-order valence-electron chi connectivity index (χ2n) is 9.79. The third kappa shape index (κ3) is 5.11. The Morgan fingerprint density at radius 2 is 2.09 bits per heavy atom. The van der Waals surface area contributed by atoms with E-state index in [4.69, 9.17) is 0 Å². The van der Waals surface area contributed by atoms with Crippen LogP contribution >= 0.6 is 0 Å². The van der Waals surface area contributed by atoms with Gasteiger partial charge in [-0.3, -0.25) is 19.3 Å². The van der Waals surface area contributed by atoms with Gasteiger partial charge in [0.2, 0.25) is 5.91 Å². The lowest BCUT2D eigenvalue weighted by molar-refractivity contribution is -0.142. The molecule has 178 valence electrons. The molecule has 0 radical (unpaired) electrons. The third-order valence-electron chi connectivity index (χ3n) is 5.78. The molecule has 1 aliphatic rings. The van der Waals surface area contributed by atoms with Crippen LogP contribution in [0.3, 0.4) is 0 Å². The van der Waals surface area contributed by atoms with Crippen molar-refractivity contribution in [1.82, 2.24) is 25.0 Å². The first-order chi connectivity index (χ1) is 15.4. The number of aliphatic hydroxyl groups is 1. The molecule has 2 aromatic heterocycles. The van der Waals surface area contributed by atoms with E-state index in [2.05, 4.69) is 27.6 Å². The molecular formula is C23H31FN5O3S+. The van der Waals surface area contributed by atoms with Gasteiger partial charge < -0.3 is 15.3 Å². The number of rotatable bonds is 6. The molecule has 3 heterocycles. The van der Waals surface area contributed by atoms with E-state index < -0.39 is 29.4 Å². The van der Waals surface area contributed by atoms with Gasteiger partial charge in [-0.2, -0.15) is 5.10 Å². The fourth-order valence-corrected chi connectivity index (χ4v) is 4.44. The highest BCUT2D eigenvalue weighted by molar-refractivity contribution is 7.58. The van der Waals surface area contributed by atoms with E-state index in [-0.39, 0.29) is 36.4 Å². The zero-order chi connectivity index (χ0) is 24.6. The number of amides is 2. The Bertz CT molecular complexity index is 1030. The van der Waals surface area contributed by atoms with Crippen molar-refractivity contribution in [2.75, 3.05) is 6.54 Å². The summed E-state index contributed by atoms with van der Waals surface area (Å²) in [7, 11) is 1.63. The van der Waals surface area contributed by atoms with Crippen LogP contribution in [-0.4, -0.2) is 60.1 Å². The van der Waals surface area contributed by atoms with E-state index in [9.17, 15) is 19.1 Å². The second-order valence-corrected chi connectivity index (χ2v) is 10.0. The number of hydrogen-bond donors (Lipinski definition) is 2. The van der Waals surface area contributed by atoms with Crippen molar-refractivity contribution in [3.05, 3.63) is 35.9 Å². The van der Waals surface area contributed by atoms with Gasteiger partial charge in [-0.1, -0.05) is 26.8 Å². The molecule has 2 amide bonds. The molecule has 1 fully saturated rings. The first-order valence-electron chi connectivity index (χ1n) is 10.8. The molecule has 0 aromatic carbocycles. The van der Waals surface area contributed by atoms with Crippen LogP contribution in [0.2, 0.25) is 0 Å². The van der Waals surface area contributed by atoms with E-state index >= 15 is 0 Å². The molecule has 3 rings (SSSR count). The topological polar surface area (TPSA) is 100 Å². The van der Waals surface area contributed by atoms with Gasteiger partial charge >= 0.3 is 0 Å². The first kappa shape index (κ1) is 24.9. The summed E-state index contributed by atoms with van der Waals surface area (Å²) in [5.41, 5.74) is -0.223. The number of carbonyl (C=O) groups excluding carboxylic acids is 2. The molecular weight excluding hydrogens is 445 g/mol. The molecule has 3 atom stereocenters. The number of likely N-dealkylation sites (tertiary alicyclic amines) is 1. The van der Waals surface area contributed by atoms with Gasteiger partial charge in [0.15, 0.2) is 28.9 Å². The van der Waals surface area contributed by atoms with Crippen molar-refractivity contribution in [2.45, 2.75) is 58.2 Å². The molecule has 1 aliphatic heterocycles. The quantitative estimate of drug-likeness (QED) is 0.375. The standard InChI is InChI=1S/C23H30FN5O3S/c1-14(15-6-7-18(25-10-15)20-17(24)11-26-28(20)5)27-21(32)23(13-33)8-16(30)12-29(23)19(31)9-22(2,3)4/h6-7,10-11,13-14,16,30H,8-9,12H2,1-5H3,(H,27,32)/p+1/t14-,16+,23+/m0/s1. The highest BCUT2D eigenvalue weighted by atomic mass is 32.1. The Labute approximate surface area is 198 Å². The predicted octanol–water partition coefficient (Wildman–Crippen LogP) is 1.65. The summed E-state index contributed by atoms with van der Waals surface area (Å²) in [6, 6.07) is 2.97. The van der Waals surface area contributed by atoms with E-state index in [0.717, 1.165) is 6.20 Å². The van der Waals surface area contributed by atoms with Crippen LogP contribution in [-0.2, 0) is 28.9 Å². The lowest BCUT2D eigenvalue weighted by atomic mass is 9.90. The maximum Gasteiger partial charge on any atom is 0.255 e. The first-order valence-corrected chi connectivity index (χ1v) is 11.3. The van der Waals surface area contributed by atoms with Crippen LogP contribution in [0.5, 0.6) is 0 Å². The van der Waals surface area contributed by atoms with Gasteiger partial charge in [-0.25, -0.2) is 4.39 Å². The monoisotopic (exact) mass is 476 g/mol. The number of aromatic nitrogens is 3. The lowest BCUT2D eigenvalue weighted by Crippen LogP contribution is -2.59. The van der Waals surface area contributed by atoms with Crippen LogP contribution in [0.1, 0.15) is 52.1 Å². The zero-order valence-electron chi connectivity index (χ0n) is 19.5. The number of thiol groups is 1. The lowest BCUT2D eigenvalue weighted by Gasteiger charge is -2.34. The van der Waals surface area contributed by atoms with E-state index in [1.54, 1.807) is 32.3 Å². The number of halogens is 1. The SMILES string of the molecule is C[C@H](NC(=O)[C@]1(C=[SH+])C[C@@H](O)CN1C(=O)CC(C)(C)C)c1ccc(-c2c(F)cnn2C)nc1. The van der Waals surface area contributed by atoms with Crippen molar-refractivity contribution < 1.29 is 19.1 Å². The summed E-state index contributed by atoms with van der Waals surface area (Å²) in [6.07, 6.45) is 2.18. The Morgan fingerprint density at radius 3 is 2.61 bits per heavy atom. The minimum Gasteiger partial charge on any atom is -0.391 e. The molecule has 0 saturated carbocycles. The maximum atomic E-state index is 14.0. The summed E-state index contributed by atoms with van der Waals surface area (Å²) >= 11 is 4.28. The highest BCUT2D eigenvalue weighted by Crippen LogP contribution is 2.32. The smallest absolute Gasteiger partial charge is 0.255 e. The van der Waals surface area contributed by atoms with Crippen LogP contribution < -0.4 is 5.32 Å². The number of hydrogen-bond acceptors (Lipinski definition) is 5. The molecule has 33 heavy (non-hydrogen) atoms. The number of nitrogens with zero attached hydrogens (tertiary/aromatic N) is 4. The molecule has 2 aromatic rings. The van der Waals surface area contributed by atoms with Crippen LogP contribution in [0.4, 0.5) is 4.39 Å². The second kappa shape index (κ2) is 9.26. The average molecular weight is 477 g/mol. The fraction of sp³-hybridized carbons (Fsp3) is 0.522. The summed E-state index contributed by atoms with van der Waals surface area (Å²) in [4.78, 5) is 32.1. The minimum atomic E-state index is -1.36. The molecule has 1 saturated heterocycles. The van der Waals surface area contributed by atoms with E-state index in [0.29, 0.717) is 11.3 Å². The van der Waals surface area contributed by atoms with Crippen molar-refractivity contribution in [1.29, 1.82) is 0 Å². The van der Waals surface area contributed by atoms with Gasteiger partial charge in [-0.05, 0) is 24.0 Å². The molecule has 0 aliphatic carbocycles. The molecule has 0 unspecified atom stereocenters. The molecule has 10 heteroatoms. The number of β-amino-alcohol motifs (C(OH)–C–C–N with tert-alkyl or cyclic N) is 1. The van der Waals surface area contributed by atoms with Crippen LogP contribution in [0, 0.1) is 11.2 Å². The van der Waals surface area contributed by atoms with Gasteiger partial charge in [0.05, 0.1) is 24.0 Å². The Kier molecular flexibility index (Phi) is 6.99. The summed E-state index contributed by atoms with van der Waals surface area (Å²) < 4.78 is 15.4. The molecule has 0 bridgehead atoms. The van der Waals surface area contributed by atoms with Crippen molar-refractivity contribution in [3.8, 4) is 11.4 Å². The number of aryl methyl sites for hydroxylation is 1. The largest absolute Gasteiger partial charge is 0.391 e. The fourth-order valence-electron chi connectivity index (χ4n) is 4.08. The van der Waals surface area contributed by atoms with Gasteiger partial charge in [0.1, 0.15) is 5.69 Å².